The lowest BCUT2D eigenvalue weighted by Crippen LogP contribution is -2.52. The van der Waals surface area contributed by atoms with E-state index in [2.05, 4.69) is 29.0 Å². The lowest BCUT2D eigenvalue weighted by molar-refractivity contribution is 0.0777. The van der Waals surface area contributed by atoms with Crippen molar-refractivity contribution in [3.8, 4) is 5.88 Å². The molecule has 0 spiro atoms. The van der Waals surface area contributed by atoms with Crippen molar-refractivity contribution in [1.82, 2.24) is 10.3 Å². The Bertz CT molecular complexity index is 760. The number of hydrogen-bond donors (Lipinski definition) is 2. The van der Waals surface area contributed by atoms with Crippen molar-refractivity contribution in [2.24, 2.45) is 17.8 Å². The van der Waals surface area contributed by atoms with Crippen molar-refractivity contribution < 1.29 is 28.5 Å². The van der Waals surface area contributed by atoms with Gasteiger partial charge >= 0.3 is 0 Å². The van der Waals surface area contributed by atoms with E-state index in [0.717, 1.165) is 31.6 Å². The molecular formula is C24H38FN3O5. The van der Waals surface area contributed by atoms with E-state index in [1.165, 1.54) is 0 Å². The Balaban J connectivity index is 1.66. The number of amides is 1. The molecule has 3 atom stereocenters. The zero-order valence-electron chi connectivity index (χ0n) is 20.0. The maximum atomic E-state index is 13.0. The number of anilines is 1. The number of ether oxygens (including phenoxy) is 3. The highest BCUT2D eigenvalue weighted by atomic mass is 19.1. The Kier molecular flexibility index (Phi) is 9.70. The fourth-order valence-corrected chi connectivity index (χ4v) is 3.99. The molecule has 9 heteroatoms. The van der Waals surface area contributed by atoms with Gasteiger partial charge in [-0.1, -0.05) is 13.8 Å². The van der Waals surface area contributed by atoms with E-state index in [-0.39, 0.29) is 36.3 Å². The minimum atomic E-state index is -0.414. The molecule has 3 rings (SSSR count). The normalized spacial score (nSPS) is 21.1. The largest absolute Gasteiger partial charge is 0.476 e. The first-order valence-corrected chi connectivity index (χ1v) is 11.9. The molecule has 1 saturated carbocycles. The summed E-state index contributed by atoms with van der Waals surface area (Å²) < 4.78 is 29.3. The Morgan fingerprint density at radius 1 is 1.33 bits per heavy atom. The molecule has 1 aliphatic heterocycles. The molecular weight excluding hydrogens is 429 g/mol. The van der Waals surface area contributed by atoms with Crippen molar-refractivity contribution in [1.29, 1.82) is 0 Å². The van der Waals surface area contributed by atoms with Crippen LogP contribution >= 0.6 is 0 Å². The van der Waals surface area contributed by atoms with E-state index in [4.69, 9.17) is 14.2 Å². The number of nitrogens with zero attached hydrogens (tertiary/aromatic N) is 2. The second-order valence-corrected chi connectivity index (χ2v) is 9.45. The molecule has 1 aliphatic carbocycles. The number of carbonyl (C=O) groups is 1. The minimum Gasteiger partial charge on any atom is -0.476 e. The fourth-order valence-electron chi connectivity index (χ4n) is 3.99. The predicted molar refractivity (Wildman–Crippen MR) is 124 cm³/mol. The molecule has 0 aromatic carbocycles. The highest BCUT2D eigenvalue weighted by molar-refractivity contribution is 5.93. The van der Waals surface area contributed by atoms with Gasteiger partial charge in [0.25, 0.3) is 5.91 Å². The molecule has 2 aliphatic rings. The van der Waals surface area contributed by atoms with Crippen LogP contribution < -0.4 is 15.0 Å². The van der Waals surface area contributed by atoms with E-state index in [1.807, 2.05) is 6.07 Å². The number of pyridine rings is 1. The molecule has 186 valence electrons. The van der Waals surface area contributed by atoms with Gasteiger partial charge in [-0.15, -0.1) is 0 Å². The molecule has 33 heavy (non-hydrogen) atoms. The molecule has 0 unspecified atom stereocenters. The van der Waals surface area contributed by atoms with Crippen LogP contribution in [-0.2, 0) is 9.47 Å². The zero-order chi connectivity index (χ0) is 23.8. The average Bonchev–Trinajstić information content (AvgIpc) is 3.53. The number of aliphatic hydroxyl groups is 1. The minimum absolute atomic E-state index is 0.170. The number of nitrogens with one attached hydrogen (secondary N) is 1. The summed E-state index contributed by atoms with van der Waals surface area (Å²) in [5.74, 6) is 1.12. The van der Waals surface area contributed by atoms with Crippen LogP contribution in [0.5, 0.6) is 5.88 Å². The number of rotatable bonds is 15. The van der Waals surface area contributed by atoms with Crippen molar-refractivity contribution in [2.75, 3.05) is 58.2 Å². The fraction of sp³-hybridized carbons (Fsp3) is 0.750. The number of alkyl halides is 1. The number of aromatic nitrogens is 1. The smallest absolute Gasteiger partial charge is 0.270 e. The Hall–Kier alpha value is -1.97. The summed E-state index contributed by atoms with van der Waals surface area (Å²) in [6, 6.07) is 3.40. The van der Waals surface area contributed by atoms with Gasteiger partial charge < -0.3 is 29.5 Å². The monoisotopic (exact) mass is 467 g/mol. The summed E-state index contributed by atoms with van der Waals surface area (Å²) in [5, 5.41) is 12.3. The molecule has 2 fully saturated rings. The van der Waals surface area contributed by atoms with E-state index >= 15 is 0 Å². The second kappa shape index (κ2) is 12.5. The SMILES string of the molecule is COC1CN(c2ccc(C(=O)N[C@H](COCCCF)CC(C)C)nc2OC[C@@H]2C[C@@H]2CO)C1. The summed E-state index contributed by atoms with van der Waals surface area (Å²) in [6.45, 7) is 6.55. The number of methoxy groups -OCH3 is 1. The number of carbonyl (C=O) groups excluding carboxylic acids is 1. The van der Waals surface area contributed by atoms with Gasteiger partial charge in [-0.3, -0.25) is 9.18 Å². The van der Waals surface area contributed by atoms with Gasteiger partial charge in [0.1, 0.15) is 11.4 Å². The third kappa shape index (κ3) is 7.52. The first kappa shape index (κ1) is 25.6. The third-order valence-electron chi connectivity index (χ3n) is 6.17. The highest BCUT2D eigenvalue weighted by Gasteiger charge is 2.37. The van der Waals surface area contributed by atoms with Gasteiger partial charge in [-0.25, -0.2) is 4.98 Å². The van der Waals surface area contributed by atoms with Crippen molar-refractivity contribution >= 4 is 11.6 Å². The standard InChI is InChI=1S/C24H38FN3O5/c1-16(2)9-19(15-32-8-4-7-25)26-23(30)21-5-6-22(28-11-20(12-28)31-3)24(27-21)33-14-18-10-17(18)13-29/h5-6,16-20,29H,4,7-15H2,1-3H3,(H,26,30)/t17-,18+,19+/m1/s1. The summed E-state index contributed by atoms with van der Waals surface area (Å²) in [5.41, 5.74) is 1.12. The second-order valence-electron chi connectivity index (χ2n) is 9.45. The van der Waals surface area contributed by atoms with Crippen molar-refractivity contribution in [3.05, 3.63) is 17.8 Å². The average molecular weight is 468 g/mol. The van der Waals surface area contributed by atoms with Crippen LogP contribution in [0.4, 0.5) is 10.1 Å². The third-order valence-corrected chi connectivity index (χ3v) is 6.17. The van der Waals surface area contributed by atoms with Crippen LogP contribution in [0.1, 0.15) is 43.6 Å². The first-order valence-electron chi connectivity index (χ1n) is 11.9. The topological polar surface area (TPSA) is 93.2 Å². The summed E-state index contributed by atoms with van der Waals surface area (Å²) in [7, 11) is 1.70. The van der Waals surface area contributed by atoms with Gasteiger partial charge in [0, 0.05) is 33.4 Å². The molecule has 8 nitrogen and oxygen atoms in total. The molecule has 2 N–H and O–H groups in total. The zero-order valence-corrected chi connectivity index (χ0v) is 20.0. The van der Waals surface area contributed by atoms with Crippen molar-refractivity contribution in [3.63, 3.8) is 0 Å². The highest BCUT2D eigenvalue weighted by Crippen LogP contribution is 2.39. The number of hydrogen-bond acceptors (Lipinski definition) is 7. The maximum Gasteiger partial charge on any atom is 0.270 e. The van der Waals surface area contributed by atoms with Crippen LogP contribution in [0.2, 0.25) is 0 Å². The first-order chi connectivity index (χ1) is 15.9. The summed E-state index contributed by atoms with van der Waals surface area (Å²) in [4.78, 5) is 19.6. The lowest BCUT2D eigenvalue weighted by atomic mass is 10.0. The number of aliphatic hydroxyl groups excluding tert-OH is 1. The molecule has 1 aromatic rings. The number of halogens is 1. The Morgan fingerprint density at radius 2 is 2.12 bits per heavy atom. The van der Waals surface area contributed by atoms with Gasteiger partial charge in [0.2, 0.25) is 5.88 Å². The van der Waals surface area contributed by atoms with Gasteiger partial charge in [0.05, 0.1) is 32.0 Å². The summed E-state index contributed by atoms with van der Waals surface area (Å²) >= 11 is 0. The van der Waals surface area contributed by atoms with E-state index in [9.17, 15) is 14.3 Å². The predicted octanol–water partition coefficient (Wildman–Crippen LogP) is 2.44. The molecule has 1 aromatic heterocycles. The van der Waals surface area contributed by atoms with Crippen LogP contribution in [0.25, 0.3) is 0 Å². The Labute approximate surface area is 195 Å². The molecule has 0 radical (unpaired) electrons. The molecule has 1 amide bonds. The van der Waals surface area contributed by atoms with Gasteiger partial charge in [-0.05, 0) is 49.1 Å². The molecule has 1 saturated heterocycles. The maximum absolute atomic E-state index is 13.0. The van der Waals surface area contributed by atoms with Crippen molar-refractivity contribution in [2.45, 2.75) is 45.3 Å². The molecule has 2 heterocycles. The van der Waals surface area contributed by atoms with Crippen LogP contribution in [0.15, 0.2) is 12.1 Å². The van der Waals surface area contributed by atoms with E-state index in [1.54, 1.807) is 13.2 Å². The van der Waals surface area contributed by atoms with E-state index < -0.39 is 6.67 Å². The molecule has 0 bridgehead atoms. The lowest BCUT2D eigenvalue weighted by Gasteiger charge is -2.40. The summed E-state index contributed by atoms with van der Waals surface area (Å²) in [6.07, 6.45) is 2.22. The van der Waals surface area contributed by atoms with Gasteiger partial charge in [0.15, 0.2) is 0 Å². The Morgan fingerprint density at radius 3 is 2.76 bits per heavy atom. The van der Waals surface area contributed by atoms with Gasteiger partial charge in [-0.2, -0.15) is 0 Å². The van der Waals surface area contributed by atoms with Crippen LogP contribution in [0, 0.1) is 17.8 Å². The van der Waals surface area contributed by atoms with Crippen LogP contribution in [0.3, 0.4) is 0 Å². The quantitative estimate of drug-likeness (QED) is 0.383. The van der Waals surface area contributed by atoms with Crippen LogP contribution in [-0.4, -0.2) is 81.4 Å². The van der Waals surface area contributed by atoms with E-state index in [0.29, 0.717) is 44.0 Å².